The van der Waals surface area contributed by atoms with Crippen molar-refractivity contribution in [3.05, 3.63) is 96.6 Å². The summed E-state index contributed by atoms with van der Waals surface area (Å²) in [7, 11) is 0. The zero-order chi connectivity index (χ0) is 31.7. The number of nitrogens with zero attached hydrogens (tertiary/aromatic N) is 3. The number of carbonyl (C=O) groups excluding carboxylic acids is 3. The molecule has 2 atom stereocenters. The first-order valence-corrected chi connectivity index (χ1v) is 15.5. The number of hydrogen-bond donors (Lipinski definition) is 2. The summed E-state index contributed by atoms with van der Waals surface area (Å²) in [6.07, 6.45) is 11.3. The molecule has 3 amide bonds. The second-order valence-electron chi connectivity index (χ2n) is 11.5. The summed E-state index contributed by atoms with van der Waals surface area (Å²) in [6.45, 7) is 8.82. The van der Waals surface area contributed by atoms with Crippen LogP contribution in [0, 0.1) is 23.7 Å². The molecule has 0 aliphatic rings. The molecule has 9 nitrogen and oxygen atoms in total. The van der Waals surface area contributed by atoms with Crippen LogP contribution in [0.5, 0.6) is 0 Å². The third kappa shape index (κ3) is 11.4. The molecule has 0 aliphatic carbocycles. The predicted molar refractivity (Wildman–Crippen MR) is 172 cm³/mol. The van der Waals surface area contributed by atoms with E-state index in [9.17, 15) is 14.4 Å². The van der Waals surface area contributed by atoms with Gasteiger partial charge in [0.2, 0.25) is 11.8 Å². The van der Waals surface area contributed by atoms with Crippen LogP contribution < -0.4 is 10.9 Å². The van der Waals surface area contributed by atoms with Crippen molar-refractivity contribution in [1.29, 1.82) is 0 Å². The van der Waals surface area contributed by atoms with Gasteiger partial charge in [-0.3, -0.25) is 29.7 Å². The van der Waals surface area contributed by atoms with Gasteiger partial charge in [-0.05, 0) is 35.8 Å². The molecule has 3 aromatic rings. The minimum absolute atomic E-state index is 0.0479. The van der Waals surface area contributed by atoms with Gasteiger partial charge in [-0.2, -0.15) is 0 Å². The molecule has 236 valence electrons. The Hall–Kier alpha value is -4.24. The highest BCUT2D eigenvalue weighted by Gasteiger charge is 2.35. The molecule has 0 aliphatic heterocycles. The van der Waals surface area contributed by atoms with Gasteiger partial charge in [0.25, 0.3) is 5.91 Å². The largest absolute Gasteiger partial charge is 0.328 e. The summed E-state index contributed by atoms with van der Waals surface area (Å²) in [5.41, 5.74) is 7.44. The van der Waals surface area contributed by atoms with Crippen molar-refractivity contribution < 1.29 is 19.2 Å². The van der Waals surface area contributed by atoms with E-state index >= 15 is 0 Å². The molecule has 0 saturated carbocycles. The van der Waals surface area contributed by atoms with Gasteiger partial charge in [0.15, 0.2) is 0 Å². The topological polar surface area (TPSA) is 106 Å². The van der Waals surface area contributed by atoms with E-state index in [2.05, 4.69) is 29.7 Å². The first-order chi connectivity index (χ1) is 21.3. The molecule has 44 heavy (non-hydrogen) atoms. The Morgan fingerprint density at radius 3 is 2.25 bits per heavy atom. The van der Waals surface area contributed by atoms with Crippen molar-refractivity contribution in [2.45, 2.75) is 66.5 Å². The first kappa shape index (κ1) is 34.3. The molecule has 3 rings (SSSR count). The number of amides is 3. The summed E-state index contributed by atoms with van der Waals surface area (Å²) in [5.74, 6) is -2.09. The van der Waals surface area contributed by atoms with Crippen LogP contribution in [-0.4, -0.2) is 38.8 Å². The van der Waals surface area contributed by atoms with Crippen molar-refractivity contribution in [2.24, 2.45) is 23.7 Å². The van der Waals surface area contributed by atoms with Crippen LogP contribution in [0.25, 0.3) is 6.08 Å². The molecule has 1 aromatic heterocycles. The van der Waals surface area contributed by atoms with Crippen LogP contribution in [0.1, 0.15) is 64.5 Å². The van der Waals surface area contributed by atoms with Gasteiger partial charge in [0, 0.05) is 18.9 Å². The smallest absolute Gasteiger partial charge is 0.260 e. The SMILES string of the molecule is CCC(CC)CN(NC(=O)[C@H](CC(C)C)[C@H](CC=Cc1ccccc1)C(=O)NOCc1ccccc1)C(=O)Cn1ccnc1. The molecule has 0 fully saturated rings. The van der Waals surface area contributed by atoms with Crippen molar-refractivity contribution in [3.63, 3.8) is 0 Å². The van der Waals surface area contributed by atoms with Gasteiger partial charge in [0.1, 0.15) is 6.54 Å². The number of hydrazine groups is 1. The third-order valence-electron chi connectivity index (χ3n) is 7.66. The molecule has 0 spiro atoms. The van der Waals surface area contributed by atoms with E-state index in [0.29, 0.717) is 19.4 Å². The molecule has 2 aromatic carbocycles. The molecular formula is C35H47N5O4. The second kappa shape index (κ2) is 18.4. The summed E-state index contributed by atoms with van der Waals surface area (Å²) >= 11 is 0. The Morgan fingerprint density at radius 2 is 1.64 bits per heavy atom. The summed E-state index contributed by atoms with van der Waals surface area (Å²) in [6, 6.07) is 19.4. The second-order valence-corrected chi connectivity index (χ2v) is 11.5. The fraction of sp³-hybridized carbons (Fsp3) is 0.429. The van der Waals surface area contributed by atoms with E-state index in [1.807, 2.05) is 86.7 Å². The number of allylic oxidation sites excluding steroid dienone is 1. The summed E-state index contributed by atoms with van der Waals surface area (Å²) < 4.78 is 1.68. The molecule has 0 radical (unpaired) electrons. The maximum absolute atomic E-state index is 14.1. The molecular weight excluding hydrogens is 554 g/mol. The standard InChI is InChI=1S/C35H47N5O4/c1-5-28(6-2)23-40(33(41)24-39-21-20-36-26-39)37-34(42)32(22-27(3)4)31(19-13-18-29-14-9-7-10-15-29)35(43)38-44-25-30-16-11-8-12-17-30/h7-18,20-21,26-28,31-32H,5-6,19,22-25H2,1-4H3,(H,37,42)(H,38,43)/t31-,32+/m0/s1. The maximum atomic E-state index is 14.1. The minimum atomic E-state index is -0.730. The van der Waals surface area contributed by atoms with Gasteiger partial charge in [-0.25, -0.2) is 10.5 Å². The van der Waals surface area contributed by atoms with Crippen LogP contribution in [0.2, 0.25) is 0 Å². The Labute approximate surface area is 261 Å². The lowest BCUT2D eigenvalue weighted by molar-refractivity contribution is -0.149. The maximum Gasteiger partial charge on any atom is 0.260 e. The number of hydrogen-bond acceptors (Lipinski definition) is 5. The van der Waals surface area contributed by atoms with Crippen LogP contribution in [0.15, 0.2) is 85.5 Å². The van der Waals surface area contributed by atoms with Gasteiger partial charge >= 0.3 is 0 Å². The average Bonchev–Trinajstić information content (AvgIpc) is 3.54. The van der Waals surface area contributed by atoms with E-state index in [1.165, 1.54) is 5.01 Å². The van der Waals surface area contributed by atoms with Crippen LogP contribution in [0.4, 0.5) is 0 Å². The molecule has 0 bridgehead atoms. The number of carbonyl (C=O) groups is 3. The van der Waals surface area contributed by atoms with Crippen molar-refractivity contribution in [2.75, 3.05) is 6.54 Å². The third-order valence-corrected chi connectivity index (χ3v) is 7.66. The monoisotopic (exact) mass is 601 g/mol. The molecule has 1 heterocycles. The van der Waals surface area contributed by atoms with Gasteiger partial charge in [0.05, 0.1) is 24.8 Å². The fourth-order valence-corrected chi connectivity index (χ4v) is 5.02. The Balaban J connectivity index is 1.84. The van der Waals surface area contributed by atoms with E-state index in [1.54, 1.807) is 23.3 Å². The Kier molecular flexibility index (Phi) is 14.3. The number of aromatic nitrogens is 2. The van der Waals surface area contributed by atoms with E-state index < -0.39 is 11.8 Å². The highest BCUT2D eigenvalue weighted by Crippen LogP contribution is 2.26. The van der Waals surface area contributed by atoms with Gasteiger partial charge in [-0.1, -0.05) is 113 Å². The van der Waals surface area contributed by atoms with Crippen molar-refractivity contribution in [3.8, 4) is 0 Å². The quantitative estimate of drug-likeness (QED) is 0.190. The van der Waals surface area contributed by atoms with Gasteiger partial charge in [-0.15, -0.1) is 0 Å². The van der Waals surface area contributed by atoms with Crippen molar-refractivity contribution >= 4 is 23.8 Å². The van der Waals surface area contributed by atoms with E-state index in [0.717, 1.165) is 24.0 Å². The lowest BCUT2D eigenvalue weighted by Crippen LogP contribution is -2.53. The highest BCUT2D eigenvalue weighted by atomic mass is 16.6. The van der Waals surface area contributed by atoms with E-state index in [-0.39, 0.29) is 42.7 Å². The molecule has 0 saturated heterocycles. The Bertz CT molecular complexity index is 1290. The first-order valence-electron chi connectivity index (χ1n) is 15.5. The van der Waals surface area contributed by atoms with Gasteiger partial charge < -0.3 is 4.57 Å². The summed E-state index contributed by atoms with van der Waals surface area (Å²) in [5, 5.41) is 1.42. The normalized spacial score (nSPS) is 12.8. The zero-order valence-electron chi connectivity index (χ0n) is 26.4. The molecule has 2 N–H and O–H groups in total. The lowest BCUT2D eigenvalue weighted by atomic mass is 9.82. The Morgan fingerprint density at radius 1 is 0.955 bits per heavy atom. The molecule has 0 unspecified atom stereocenters. The fourth-order valence-electron chi connectivity index (χ4n) is 5.02. The van der Waals surface area contributed by atoms with Crippen molar-refractivity contribution in [1.82, 2.24) is 25.5 Å². The number of hydroxylamine groups is 1. The van der Waals surface area contributed by atoms with E-state index in [4.69, 9.17) is 4.84 Å². The zero-order valence-corrected chi connectivity index (χ0v) is 26.4. The van der Waals surface area contributed by atoms with Crippen LogP contribution in [0.3, 0.4) is 0 Å². The highest BCUT2D eigenvalue weighted by molar-refractivity contribution is 5.89. The predicted octanol–water partition coefficient (Wildman–Crippen LogP) is 5.81. The number of imidazole rings is 1. The number of rotatable bonds is 17. The summed E-state index contributed by atoms with van der Waals surface area (Å²) in [4.78, 5) is 50.8. The lowest BCUT2D eigenvalue weighted by Gasteiger charge is -2.31. The minimum Gasteiger partial charge on any atom is -0.328 e. The number of benzene rings is 2. The van der Waals surface area contributed by atoms with Crippen LogP contribution in [-0.2, 0) is 32.4 Å². The number of nitrogens with one attached hydrogen (secondary N) is 2. The van der Waals surface area contributed by atoms with Crippen LogP contribution >= 0.6 is 0 Å². The average molecular weight is 602 g/mol. The molecule has 9 heteroatoms.